The molecule has 1 aliphatic rings. The number of aromatic amines is 1. The van der Waals surface area contributed by atoms with Gasteiger partial charge in [0.1, 0.15) is 5.82 Å². The summed E-state index contributed by atoms with van der Waals surface area (Å²) in [6, 6.07) is -0.317. The summed E-state index contributed by atoms with van der Waals surface area (Å²) in [5.41, 5.74) is 5.39. The zero-order chi connectivity index (χ0) is 14.0. The van der Waals surface area contributed by atoms with Crippen LogP contribution in [-0.4, -0.2) is 44.5 Å². The molecule has 0 saturated heterocycles. The van der Waals surface area contributed by atoms with Crippen molar-refractivity contribution in [3.05, 3.63) is 16.3 Å². The van der Waals surface area contributed by atoms with E-state index in [9.17, 15) is 14.7 Å². The maximum absolute atomic E-state index is 11.8. The number of carbonyl (C=O) groups excluding carboxylic acids is 1. The molecule has 2 rings (SSSR count). The molecular weight excluding hydrogens is 286 g/mol. The Kier molecular flexibility index (Phi) is 5.73. The van der Waals surface area contributed by atoms with Gasteiger partial charge in [0, 0.05) is 32.0 Å². The number of amides is 1. The van der Waals surface area contributed by atoms with Crippen LogP contribution in [0.3, 0.4) is 0 Å². The van der Waals surface area contributed by atoms with Crippen LogP contribution in [0.1, 0.15) is 18.7 Å². The molecule has 0 aromatic carbocycles. The number of aliphatic hydroxyl groups excluding tert-OH is 1. The topological polar surface area (TPSA) is 126 Å². The molecule has 0 spiro atoms. The van der Waals surface area contributed by atoms with Crippen molar-refractivity contribution in [1.82, 2.24) is 20.1 Å². The van der Waals surface area contributed by atoms with Crippen molar-refractivity contribution in [3.8, 4) is 0 Å². The van der Waals surface area contributed by atoms with Crippen LogP contribution < -0.4 is 16.7 Å². The Morgan fingerprint density at radius 3 is 2.80 bits per heavy atom. The van der Waals surface area contributed by atoms with Gasteiger partial charge in [-0.25, -0.2) is 9.89 Å². The molecule has 3 atom stereocenters. The molecule has 5 N–H and O–H groups in total. The second-order valence-corrected chi connectivity index (χ2v) is 4.94. The van der Waals surface area contributed by atoms with E-state index >= 15 is 0 Å². The van der Waals surface area contributed by atoms with Gasteiger partial charge in [0.05, 0.1) is 6.10 Å². The van der Waals surface area contributed by atoms with Crippen LogP contribution in [0.2, 0.25) is 0 Å². The first-order valence-electron chi connectivity index (χ1n) is 6.30. The Hall–Kier alpha value is -1.38. The standard InChI is InChI=1S/C11H19N5O3.ClH/c1-16-9(14-15-11(16)19)2-3-13-10(18)6-4-7(12)8(17)5-6;/h6-8,17H,2-5,12H2,1H3,(H,13,18)(H,15,19);1H/t6-,7-,8-;/m0./s1. The average Bonchev–Trinajstić information content (AvgIpc) is 2.86. The van der Waals surface area contributed by atoms with Gasteiger partial charge in [-0.2, -0.15) is 5.10 Å². The van der Waals surface area contributed by atoms with Crippen LogP contribution in [0.4, 0.5) is 0 Å². The largest absolute Gasteiger partial charge is 0.391 e. The van der Waals surface area contributed by atoms with Gasteiger partial charge in [-0.3, -0.25) is 9.36 Å². The molecule has 20 heavy (non-hydrogen) atoms. The van der Waals surface area contributed by atoms with Gasteiger partial charge in [-0.05, 0) is 12.8 Å². The molecule has 1 amide bonds. The van der Waals surface area contributed by atoms with Crippen LogP contribution in [-0.2, 0) is 18.3 Å². The minimum Gasteiger partial charge on any atom is -0.391 e. The Labute approximate surface area is 122 Å². The van der Waals surface area contributed by atoms with Crippen molar-refractivity contribution >= 4 is 18.3 Å². The predicted molar refractivity (Wildman–Crippen MR) is 74.5 cm³/mol. The maximum Gasteiger partial charge on any atom is 0.343 e. The summed E-state index contributed by atoms with van der Waals surface area (Å²) in [6.45, 7) is 0.402. The molecule has 1 fully saturated rings. The van der Waals surface area contributed by atoms with Crippen LogP contribution in [0, 0.1) is 5.92 Å². The predicted octanol–water partition coefficient (Wildman–Crippen LogP) is -1.71. The van der Waals surface area contributed by atoms with E-state index < -0.39 is 6.10 Å². The van der Waals surface area contributed by atoms with Gasteiger partial charge < -0.3 is 16.2 Å². The van der Waals surface area contributed by atoms with Crippen molar-refractivity contribution in [2.24, 2.45) is 18.7 Å². The van der Waals surface area contributed by atoms with Crippen molar-refractivity contribution in [2.75, 3.05) is 6.54 Å². The first-order chi connectivity index (χ1) is 8.99. The Morgan fingerprint density at radius 1 is 1.60 bits per heavy atom. The zero-order valence-corrected chi connectivity index (χ0v) is 12.0. The number of carbonyl (C=O) groups is 1. The third-order valence-electron chi connectivity index (χ3n) is 3.57. The maximum atomic E-state index is 11.8. The lowest BCUT2D eigenvalue weighted by Gasteiger charge is -2.10. The molecule has 0 radical (unpaired) electrons. The van der Waals surface area contributed by atoms with Gasteiger partial charge in [0.15, 0.2) is 0 Å². The molecule has 0 unspecified atom stereocenters. The van der Waals surface area contributed by atoms with E-state index in [0.29, 0.717) is 31.6 Å². The molecule has 1 saturated carbocycles. The highest BCUT2D eigenvalue weighted by molar-refractivity contribution is 5.85. The number of nitrogens with one attached hydrogen (secondary N) is 2. The van der Waals surface area contributed by atoms with Gasteiger partial charge in [0.25, 0.3) is 0 Å². The van der Waals surface area contributed by atoms with Crippen molar-refractivity contribution < 1.29 is 9.90 Å². The summed E-state index contributed by atoms with van der Waals surface area (Å²) < 4.78 is 1.40. The second kappa shape index (κ2) is 6.87. The van der Waals surface area contributed by atoms with Crippen LogP contribution in [0.15, 0.2) is 4.79 Å². The fraction of sp³-hybridized carbons (Fsp3) is 0.727. The third kappa shape index (κ3) is 3.59. The average molecular weight is 306 g/mol. The van der Waals surface area contributed by atoms with Crippen molar-refractivity contribution in [3.63, 3.8) is 0 Å². The lowest BCUT2D eigenvalue weighted by Crippen LogP contribution is -2.32. The molecule has 1 aliphatic carbocycles. The summed E-state index contributed by atoms with van der Waals surface area (Å²) in [6.07, 6.45) is 0.798. The number of hydrogen-bond acceptors (Lipinski definition) is 5. The van der Waals surface area contributed by atoms with Crippen LogP contribution in [0.5, 0.6) is 0 Å². The summed E-state index contributed by atoms with van der Waals surface area (Å²) in [5, 5.41) is 18.5. The fourth-order valence-corrected chi connectivity index (χ4v) is 2.31. The number of H-pyrrole nitrogens is 1. The van der Waals surface area contributed by atoms with Gasteiger partial charge in [0.2, 0.25) is 5.91 Å². The summed E-state index contributed by atoms with van der Waals surface area (Å²) in [7, 11) is 1.62. The highest BCUT2D eigenvalue weighted by Gasteiger charge is 2.34. The molecular formula is C11H20ClN5O3. The number of aliphatic hydroxyl groups is 1. The van der Waals surface area contributed by atoms with Gasteiger partial charge in [-0.1, -0.05) is 0 Å². The lowest BCUT2D eigenvalue weighted by molar-refractivity contribution is -0.125. The van der Waals surface area contributed by atoms with E-state index in [1.165, 1.54) is 4.57 Å². The molecule has 8 nitrogen and oxygen atoms in total. The van der Waals surface area contributed by atoms with Crippen LogP contribution in [0.25, 0.3) is 0 Å². The number of rotatable bonds is 4. The molecule has 114 valence electrons. The molecule has 1 aromatic heterocycles. The van der Waals surface area contributed by atoms with E-state index in [1.807, 2.05) is 0 Å². The molecule has 0 bridgehead atoms. The molecule has 0 aliphatic heterocycles. The van der Waals surface area contributed by atoms with Gasteiger partial charge in [-0.15, -0.1) is 12.4 Å². The first-order valence-corrected chi connectivity index (χ1v) is 6.30. The number of nitrogens with two attached hydrogens (primary N) is 1. The Morgan fingerprint density at radius 2 is 2.30 bits per heavy atom. The molecule has 1 aromatic rings. The summed E-state index contributed by atoms with van der Waals surface area (Å²) in [5.74, 6) is 0.258. The smallest absolute Gasteiger partial charge is 0.343 e. The number of halogens is 1. The minimum atomic E-state index is -0.595. The molecule has 9 heteroatoms. The second-order valence-electron chi connectivity index (χ2n) is 4.94. The normalized spacial score (nSPS) is 25.2. The fourth-order valence-electron chi connectivity index (χ4n) is 2.31. The number of nitrogens with zero attached hydrogens (tertiary/aromatic N) is 2. The van der Waals surface area contributed by atoms with E-state index in [1.54, 1.807) is 7.05 Å². The zero-order valence-electron chi connectivity index (χ0n) is 11.2. The van der Waals surface area contributed by atoms with E-state index in [0.717, 1.165) is 0 Å². The highest BCUT2D eigenvalue weighted by atomic mass is 35.5. The number of hydrogen-bond donors (Lipinski definition) is 4. The first kappa shape index (κ1) is 16.7. The van der Waals surface area contributed by atoms with E-state index in [2.05, 4.69) is 15.5 Å². The SMILES string of the molecule is Cl.Cn1c(CCNC(=O)[C@H]2C[C@H](N)[C@@H](O)C2)n[nH]c1=O. The summed E-state index contributed by atoms with van der Waals surface area (Å²) >= 11 is 0. The Bertz CT molecular complexity index is 504. The number of aromatic nitrogens is 3. The van der Waals surface area contributed by atoms with Crippen LogP contribution >= 0.6 is 12.4 Å². The van der Waals surface area contributed by atoms with E-state index in [4.69, 9.17) is 5.73 Å². The third-order valence-corrected chi connectivity index (χ3v) is 3.57. The quantitative estimate of drug-likeness (QED) is 0.527. The minimum absolute atomic E-state index is 0. The van der Waals surface area contributed by atoms with Crippen molar-refractivity contribution in [1.29, 1.82) is 0 Å². The highest BCUT2D eigenvalue weighted by Crippen LogP contribution is 2.24. The van der Waals surface area contributed by atoms with E-state index in [-0.39, 0.29) is 36.0 Å². The summed E-state index contributed by atoms with van der Waals surface area (Å²) in [4.78, 5) is 23.0. The monoisotopic (exact) mass is 305 g/mol. The molecule has 1 heterocycles. The Balaban J connectivity index is 0.00000200. The van der Waals surface area contributed by atoms with Crippen molar-refractivity contribution in [2.45, 2.75) is 31.4 Å². The lowest BCUT2D eigenvalue weighted by atomic mass is 10.1. The van der Waals surface area contributed by atoms with Gasteiger partial charge >= 0.3 is 5.69 Å².